The molecule has 0 aliphatic heterocycles. The highest BCUT2D eigenvalue weighted by atomic mass is 16.7. The van der Waals surface area contributed by atoms with Gasteiger partial charge in [-0.25, -0.2) is 0 Å². The zero-order chi connectivity index (χ0) is 28.3. The molecule has 0 saturated carbocycles. The van der Waals surface area contributed by atoms with Crippen LogP contribution in [0.25, 0.3) is 0 Å². The maximum Gasteiger partial charge on any atom is 0.313 e. The van der Waals surface area contributed by atoms with Crippen molar-refractivity contribution in [3.05, 3.63) is 71.8 Å². The Bertz CT molecular complexity index is 924. The molecule has 0 saturated heterocycles. The molecule has 0 spiro atoms. The number of rotatable bonds is 18. The average Bonchev–Trinajstić information content (AvgIpc) is 2.88. The van der Waals surface area contributed by atoms with Crippen LogP contribution in [0.5, 0.6) is 0 Å². The fourth-order valence-corrected chi connectivity index (χ4v) is 3.94. The first-order chi connectivity index (χ1) is 18.8. The van der Waals surface area contributed by atoms with Gasteiger partial charge in [0.2, 0.25) is 12.6 Å². The smallest absolute Gasteiger partial charge is 0.313 e. The minimum atomic E-state index is -0.912. The van der Waals surface area contributed by atoms with Gasteiger partial charge in [0.1, 0.15) is 0 Å². The number of benzene rings is 2. The second kappa shape index (κ2) is 18.6. The molecule has 0 aromatic heterocycles. The van der Waals surface area contributed by atoms with Gasteiger partial charge in [-0.05, 0) is 24.0 Å². The lowest BCUT2D eigenvalue weighted by molar-refractivity contribution is -0.186. The SMILES string of the molecule is CC(OC(=O)CCCCCCCCCC(=O)OC(C)OC(=O)Cc1ccccc1)OC(=O)Cc1ccccc1. The molecule has 2 aromatic rings. The largest absolute Gasteiger partial charge is 0.425 e. The third-order valence-corrected chi connectivity index (χ3v) is 5.83. The molecule has 8 nitrogen and oxygen atoms in total. The first kappa shape index (κ1) is 31.5. The number of carbonyl (C=O) groups is 4. The second-order valence-corrected chi connectivity index (χ2v) is 9.39. The number of ether oxygens (including phenoxy) is 4. The summed E-state index contributed by atoms with van der Waals surface area (Å²) in [5.74, 6) is -1.64. The summed E-state index contributed by atoms with van der Waals surface area (Å²) >= 11 is 0. The van der Waals surface area contributed by atoms with Crippen LogP contribution in [-0.2, 0) is 51.0 Å². The van der Waals surface area contributed by atoms with E-state index in [9.17, 15) is 19.2 Å². The van der Waals surface area contributed by atoms with E-state index in [1.165, 1.54) is 13.8 Å². The van der Waals surface area contributed by atoms with Crippen molar-refractivity contribution in [3.63, 3.8) is 0 Å². The summed E-state index contributed by atoms with van der Waals surface area (Å²) in [6.07, 6.45) is 5.16. The van der Waals surface area contributed by atoms with E-state index in [2.05, 4.69) is 0 Å². The number of hydrogen-bond acceptors (Lipinski definition) is 8. The van der Waals surface area contributed by atoms with Crippen molar-refractivity contribution >= 4 is 23.9 Å². The molecule has 2 rings (SSSR count). The minimum absolute atomic E-state index is 0.133. The third kappa shape index (κ3) is 15.4. The monoisotopic (exact) mass is 540 g/mol. The predicted octanol–water partition coefficient (Wildman–Crippen LogP) is 5.85. The van der Waals surface area contributed by atoms with Crippen LogP contribution in [0.3, 0.4) is 0 Å². The molecule has 39 heavy (non-hydrogen) atoms. The van der Waals surface area contributed by atoms with Crippen molar-refractivity contribution in [2.45, 2.75) is 97.1 Å². The lowest BCUT2D eigenvalue weighted by Crippen LogP contribution is -2.22. The van der Waals surface area contributed by atoms with Crippen LogP contribution in [0.2, 0.25) is 0 Å². The molecule has 0 aliphatic rings. The number of hydrogen-bond donors (Lipinski definition) is 0. The molecule has 2 atom stereocenters. The molecule has 2 aromatic carbocycles. The van der Waals surface area contributed by atoms with Crippen molar-refractivity contribution in [1.82, 2.24) is 0 Å². The molecule has 2 unspecified atom stereocenters. The Kier molecular flexibility index (Phi) is 15.0. The van der Waals surface area contributed by atoms with Crippen molar-refractivity contribution < 1.29 is 38.1 Å². The lowest BCUT2D eigenvalue weighted by atomic mass is 10.1. The molecule has 0 heterocycles. The van der Waals surface area contributed by atoms with Crippen LogP contribution in [0.1, 0.15) is 82.8 Å². The van der Waals surface area contributed by atoms with E-state index in [-0.39, 0.29) is 37.6 Å². The summed E-state index contributed by atoms with van der Waals surface area (Å²) in [5, 5.41) is 0. The molecular formula is C31H40O8. The highest BCUT2D eigenvalue weighted by Crippen LogP contribution is 2.12. The van der Waals surface area contributed by atoms with Crippen molar-refractivity contribution in [2.24, 2.45) is 0 Å². The summed E-state index contributed by atoms with van der Waals surface area (Å²) in [6.45, 7) is 3.08. The Morgan fingerprint density at radius 1 is 0.487 bits per heavy atom. The highest BCUT2D eigenvalue weighted by molar-refractivity contribution is 5.74. The Hall–Kier alpha value is -3.68. The maximum atomic E-state index is 12.0. The summed E-state index contributed by atoms with van der Waals surface area (Å²) in [4.78, 5) is 47.8. The fraction of sp³-hybridized carbons (Fsp3) is 0.484. The predicted molar refractivity (Wildman–Crippen MR) is 145 cm³/mol. The van der Waals surface area contributed by atoms with E-state index in [1.54, 1.807) is 0 Å². The average molecular weight is 541 g/mol. The van der Waals surface area contributed by atoms with Gasteiger partial charge in [-0.2, -0.15) is 0 Å². The number of unbranched alkanes of at least 4 members (excludes halogenated alkanes) is 6. The Labute approximate surface area is 231 Å². The van der Waals surface area contributed by atoms with Crippen LogP contribution < -0.4 is 0 Å². The first-order valence-corrected chi connectivity index (χ1v) is 13.7. The highest BCUT2D eigenvalue weighted by Gasteiger charge is 2.15. The minimum Gasteiger partial charge on any atom is -0.425 e. The maximum absolute atomic E-state index is 12.0. The van der Waals surface area contributed by atoms with E-state index >= 15 is 0 Å². The van der Waals surface area contributed by atoms with Crippen molar-refractivity contribution in [3.8, 4) is 0 Å². The van der Waals surface area contributed by atoms with Crippen LogP contribution in [0.4, 0.5) is 0 Å². The summed E-state index contributed by atoms with van der Waals surface area (Å²) < 4.78 is 20.6. The molecular weight excluding hydrogens is 500 g/mol. The van der Waals surface area contributed by atoms with E-state index in [0.717, 1.165) is 43.2 Å². The van der Waals surface area contributed by atoms with Crippen LogP contribution >= 0.6 is 0 Å². The topological polar surface area (TPSA) is 105 Å². The van der Waals surface area contributed by atoms with E-state index < -0.39 is 24.5 Å². The molecule has 0 N–H and O–H groups in total. The van der Waals surface area contributed by atoms with E-state index in [1.807, 2.05) is 60.7 Å². The van der Waals surface area contributed by atoms with Crippen LogP contribution in [0.15, 0.2) is 60.7 Å². The zero-order valence-corrected chi connectivity index (χ0v) is 23.0. The molecule has 8 heteroatoms. The summed E-state index contributed by atoms with van der Waals surface area (Å²) in [5.41, 5.74) is 1.68. The number of carbonyl (C=O) groups excluding carboxylic acids is 4. The molecule has 0 bridgehead atoms. The third-order valence-electron chi connectivity index (χ3n) is 5.83. The van der Waals surface area contributed by atoms with Gasteiger partial charge in [0.05, 0.1) is 12.8 Å². The fourth-order valence-electron chi connectivity index (χ4n) is 3.94. The Morgan fingerprint density at radius 3 is 1.15 bits per heavy atom. The Balaban J connectivity index is 1.41. The van der Waals surface area contributed by atoms with Gasteiger partial charge in [-0.15, -0.1) is 0 Å². The van der Waals surface area contributed by atoms with Crippen molar-refractivity contribution in [1.29, 1.82) is 0 Å². The van der Waals surface area contributed by atoms with Crippen LogP contribution in [-0.4, -0.2) is 36.5 Å². The Morgan fingerprint density at radius 2 is 0.795 bits per heavy atom. The van der Waals surface area contributed by atoms with Gasteiger partial charge in [0.25, 0.3) is 0 Å². The molecule has 0 radical (unpaired) electrons. The first-order valence-electron chi connectivity index (χ1n) is 13.7. The normalized spacial score (nSPS) is 12.2. The van der Waals surface area contributed by atoms with Gasteiger partial charge in [-0.3, -0.25) is 19.2 Å². The van der Waals surface area contributed by atoms with Gasteiger partial charge in [0, 0.05) is 26.7 Å². The molecule has 212 valence electrons. The van der Waals surface area contributed by atoms with Crippen molar-refractivity contribution in [2.75, 3.05) is 0 Å². The zero-order valence-electron chi connectivity index (χ0n) is 23.0. The number of esters is 4. The quantitative estimate of drug-likeness (QED) is 0.132. The summed E-state index contributed by atoms with van der Waals surface area (Å²) in [7, 11) is 0. The van der Waals surface area contributed by atoms with E-state index in [4.69, 9.17) is 18.9 Å². The van der Waals surface area contributed by atoms with E-state index in [0.29, 0.717) is 12.8 Å². The molecule has 0 amide bonds. The molecule has 0 fully saturated rings. The lowest BCUT2D eigenvalue weighted by Gasteiger charge is -2.14. The van der Waals surface area contributed by atoms with Gasteiger partial charge >= 0.3 is 23.9 Å². The molecule has 0 aliphatic carbocycles. The van der Waals surface area contributed by atoms with Gasteiger partial charge in [-0.1, -0.05) is 92.8 Å². The summed E-state index contributed by atoms with van der Waals surface area (Å²) in [6, 6.07) is 18.5. The van der Waals surface area contributed by atoms with Gasteiger partial charge in [0.15, 0.2) is 0 Å². The van der Waals surface area contributed by atoms with Crippen LogP contribution in [0, 0.1) is 0 Å². The van der Waals surface area contributed by atoms with Gasteiger partial charge < -0.3 is 18.9 Å². The standard InChI is InChI=1S/C31H40O8/c1-24(38-30(34)22-26-16-10-8-11-17-26)36-28(32)20-14-6-4-3-5-7-15-21-29(33)37-25(2)39-31(35)23-27-18-12-9-13-19-27/h8-13,16-19,24-25H,3-7,14-15,20-23H2,1-2H3. The second-order valence-electron chi connectivity index (χ2n) is 9.39.